The summed E-state index contributed by atoms with van der Waals surface area (Å²) in [6, 6.07) is 17.6. The van der Waals surface area contributed by atoms with Crippen LogP contribution in [0.25, 0.3) is 5.69 Å². The normalized spacial score (nSPS) is 10.7. The Balaban J connectivity index is 1.63. The van der Waals surface area contributed by atoms with Crippen molar-refractivity contribution in [3.63, 3.8) is 0 Å². The molecule has 1 heterocycles. The number of hydrogen-bond acceptors (Lipinski definition) is 4. The predicted molar refractivity (Wildman–Crippen MR) is 109 cm³/mol. The summed E-state index contributed by atoms with van der Waals surface area (Å²) in [6.07, 6.45) is 1.19. The number of hydrogen-bond donors (Lipinski definition) is 1. The molecule has 1 aromatic heterocycles. The number of amides is 1. The Morgan fingerprint density at radius 2 is 1.85 bits per heavy atom. The zero-order chi connectivity index (χ0) is 18.4. The van der Waals surface area contributed by atoms with Gasteiger partial charge in [0, 0.05) is 28.8 Å². The van der Waals surface area contributed by atoms with E-state index in [1.54, 1.807) is 0 Å². The molecule has 0 atom stereocenters. The van der Waals surface area contributed by atoms with Gasteiger partial charge in [0.15, 0.2) is 5.16 Å². The van der Waals surface area contributed by atoms with Gasteiger partial charge in [-0.2, -0.15) is 0 Å². The summed E-state index contributed by atoms with van der Waals surface area (Å²) in [4.78, 5) is 12.2. The van der Waals surface area contributed by atoms with Crippen molar-refractivity contribution < 1.29 is 4.79 Å². The van der Waals surface area contributed by atoms with E-state index >= 15 is 0 Å². The van der Waals surface area contributed by atoms with E-state index < -0.39 is 0 Å². The molecule has 3 rings (SSSR count). The molecule has 0 saturated carbocycles. The largest absolute Gasteiger partial charge is 0.325 e. The number of aryl methyl sites for hydroxylation is 1. The fourth-order valence-corrected chi connectivity index (χ4v) is 3.76. The molecule has 3 aromatic rings. The molecular formula is C19H19BrN4OS. The lowest BCUT2D eigenvalue weighted by Gasteiger charge is -2.09. The van der Waals surface area contributed by atoms with E-state index in [9.17, 15) is 4.79 Å². The molecule has 0 radical (unpaired) electrons. The van der Waals surface area contributed by atoms with Crippen LogP contribution < -0.4 is 5.32 Å². The van der Waals surface area contributed by atoms with E-state index in [0.29, 0.717) is 12.2 Å². The zero-order valence-electron chi connectivity index (χ0n) is 14.4. The number of para-hydroxylation sites is 2. The molecule has 0 spiro atoms. The highest BCUT2D eigenvalue weighted by atomic mass is 79.9. The maximum atomic E-state index is 12.2. The van der Waals surface area contributed by atoms with Crippen LogP contribution in [0.4, 0.5) is 5.69 Å². The standard InChI is InChI=1S/C19H19BrN4OS/c1-2-17-22-23-19(24(17)14-8-4-3-5-9-14)26-13-12-18(25)21-16-11-7-6-10-15(16)20/h3-11H,2,12-13H2,1H3,(H,21,25). The summed E-state index contributed by atoms with van der Waals surface area (Å²) in [6.45, 7) is 2.06. The first-order valence-electron chi connectivity index (χ1n) is 8.36. The number of rotatable bonds is 7. The molecule has 7 heteroatoms. The van der Waals surface area contributed by atoms with Crippen molar-refractivity contribution in [2.24, 2.45) is 0 Å². The number of nitrogens with one attached hydrogen (secondary N) is 1. The number of carbonyl (C=O) groups excluding carboxylic acids is 1. The van der Waals surface area contributed by atoms with Crippen LogP contribution in [-0.4, -0.2) is 26.4 Å². The lowest BCUT2D eigenvalue weighted by Crippen LogP contribution is -2.12. The number of carbonyl (C=O) groups is 1. The highest BCUT2D eigenvalue weighted by molar-refractivity contribution is 9.10. The summed E-state index contributed by atoms with van der Waals surface area (Å²) >= 11 is 4.97. The minimum atomic E-state index is -0.0223. The highest BCUT2D eigenvalue weighted by Gasteiger charge is 2.14. The number of anilines is 1. The molecule has 0 unspecified atom stereocenters. The second kappa shape index (κ2) is 9.00. The van der Waals surface area contributed by atoms with Crippen molar-refractivity contribution in [1.29, 1.82) is 0 Å². The Hall–Kier alpha value is -2.12. The van der Waals surface area contributed by atoms with Gasteiger partial charge in [-0.25, -0.2) is 0 Å². The number of halogens is 1. The van der Waals surface area contributed by atoms with E-state index in [1.165, 1.54) is 11.8 Å². The highest BCUT2D eigenvalue weighted by Crippen LogP contribution is 2.24. The molecule has 0 bridgehead atoms. The van der Waals surface area contributed by atoms with E-state index in [0.717, 1.165) is 33.2 Å². The van der Waals surface area contributed by atoms with Crippen molar-refractivity contribution in [2.45, 2.75) is 24.9 Å². The third kappa shape index (κ3) is 4.53. The summed E-state index contributed by atoms with van der Waals surface area (Å²) in [7, 11) is 0. The van der Waals surface area contributed by atoms with Crippen molar-refractivity contribution in [3.8, 4) is 5.69 Å². The van der Waals surface area contributed by atoms with Gasteiger partial charge in [0.1, 0.15) is 5.82 Å². The third-order valence-electron chi connectivity index (χ3n) is 3.74. The van der Waals surface area contributed by atoms with E-state index in [2.05, 4.69) is 42.9 Å². The van der Waals surface area contributed by atoms with Gasteiger partial charge in [-0.15, -0.1) is 10.2 Å². The fraction of sp³-hybridized carbons (Fsp3) is 0.211. The lowest BCUT2D eigenvalue weighted by molar-refractivity contribution is -0.115. The number of aromatic nitrogens is 3. The van der Waals surface area contributed by atoms with Gasteiger partial charge in [0.05, 0.1) is 5.69 Å². The van der Waals surface area contributed by atoms with Crippen LogP contribution in [0.1, 0.15) is 19.2 Å². The Bertz CT molecular complexity index is 882. The maximum Gasteiger partial charge on any atom is 0.225 e. The summed E-state index contributed by atoms with van der Waals surface area (Å²) in [5.74, 6) is 1.52. The monoisotopic (exact) mass is 430 g/mol. The smallest absolute Gasteiger partial charge is 0.225 e. The molecule has 134 valence electrons. The van der Waals surface area contributed by atoms with Gasteiger partial charge in [-0.3, -0.25) is 9.36 Å². The third-order valence-corrected chi connectivity index (χ3v) is 5.36. The first-order valence-corrected chi connectivity index (χ1v) is 10.1. The zero-order valence-corrected chi connectivity index (χ0v) is 16.8. The molecular weight excluding hydrogens is 412 g/mol. The van der Waals surface area contributed by atoms with Crippen LogP contribution in [0.3, 0.4) is 0 Å². The Labute approximate surface area is 165 Å². The van der Waals surface area contributed by atoms with E-state index in [1.807, 2.05) is 54.6 Å². The maximum absolute atomic E-state index is 12.2. The Kier molecular flexibility index (Phi) is 6.46. The van der Waals surface area contributed by atoms with Gasteiger partial charge in [0.2, 0.25) is 5.91 Å². The average molecular weight is 431 g/mol. The molecule has 0 aliphatic heterocycles. The molecule has 1 N–H and O–H groups in total. The van der Waals surface area contributed by atoms with Crippen molar-refractivity contribution in [2.75, 3.05) is 11.1 Å². The van der Waals surface area contributed by atoms with Gasteiger partial charge in [-0.05, 0) is 40.2 Å². The fourth-order valence-electron chi connectivity index (χ4n) is 2.47. The van der Waals surface area contributed by atoms with Crippen molar-refractivity contribution in [3.05, 3.63) is 64.9 Å². The molecule has 0 aliphatic carbocycles. The predicted octanol–water partition coefficient (Wildman–Crippen LogP) is 4.71. The number of thioether (sulfide) groups is 1. The SMILES string of the molecule is CCc1nnc(SCCC(=O)Nc2ccccc2Br)n1-c1ccccc1. The van der Waals surface area contributed by atoms with Gasteiger partial charge < -0.3 is 5.32 Å². The average Bonchev–Trinajstić information content (AvgIpc) is 3.07. The molecule has 0 aliphatic rings. The summed E-state index contributed by atoms with van der Waals surface area (Å²) < 4.78 is 2.92. The molecule has 1 amide bonds. The molecule has 0 fully saturated rings. The van der Waals surface area contributed by atoms with Crippen LogP contribution in [-0.2, 0) is 11.2 Å². The van der Waals surface area contributed by atoms with Crippen LogP contribution in [0.2, 0.25) is 0 Å². The van der Waals surface area contributed by atoms with Crippen LogP contribution in [0.15, 0.2) is 64.2 Å². The Morgan fingerprint density at radius 1 is 1.12 bits per heavy atom. The summed E-state index contributed by atoms with van der Waals surface area (Å²) in [5.41, 5.74) is 1.82. The topological polar surface area (TPSA) is 59.8 Å². The Morgan fingerprint density at radius 3 is 2.58 bits per heavy atom. The minimum Gasteiger partial charge on any atom is -0.325 e. The van der Waals surface area contributed by atoms with Crippen molar-refractivity contribution in [1.82, 2.24) is 14.8 Å². The van der Waals surface area contributed by atoms with E-state index in [4.69, 9.17) is 0 Å². The first kappa shape index (κ1) is 18.7. The van der Waals surface area contributed by atoms with Crippen LogP contribution >= 0.6 is 27.7 Å². The van der Waals surface area contributed by atoms with Gasteiger partial charge in [0.25, 0.3) is 0 Å². The van der Waals surface area contributed by atoms with Gasteiger partial charge >= 0.3 is 0 Å². The van der Waals surface area contributed by atoms with Crippen molar-refractivity contribution >= 4 is 39.3 Å². The van der Waals surface area contributed by atoms with Crippen LogP contribution in [0.5, 0.6) is 0 Å². The van der Waals surface area contributed by atoms with E-state index in [-0.39, 0.29) is 5.91 Å². The summed E-state index contributed by atoms with van der Waals surface area (Å²) in [5, 5.41) is 12.3. The number of benzene rings is 2. The first-order chi connectivity index (χ1) is 12.7. The second-order valence-corrected chi connectivity index (χ2v) is 7.47. The van der Waals surface area contributed by atoms with Gasteiger partial charge in [-0.1, -0.05) is 49.0 Å². The molecule has 2 aromatic carbocycles. The number of nitrogens with zero attached hydrogens (tertiary/aromatic N) is 3. The quantitative estimate of drug-likeness (QED) is 0.551. The van der Waals surface area contributed by atoms with Crippen LogP contribution in [0, 0.1) is 0 Å². The molecule has 5 nitrogen and oxygen atoms in total. The molecule has 0 saturated heterocycles. The molecule has 26 heavy (non-hydrogen) atoms. The lowest BCUT2D eigenvalue weighted by atomic mass is 10.3. The minimum absolute atomic E-state index is 0.0223. The second-order valence-electron chi connectivity index (χ2n) is 5.55.